The highest BCUT2D eigenvalue weighted by Crippen LogP contribution is 2.40. The van der Waals surface area contributed by atoms with E-state index in [1.165, 1.54) is 37.7 Å². The van der Waals surface area contributed by atoms with Gasteiger partial charge in [-0.3, -0.25) is 0 Å². The molecule has 1 rings (SSSR count). The second-order valence-corrected chi connectivity index (χ2v) is 6.23. The first-order chi connectivity index (χ1) is 7.45. The molecule has 0 radical (unpaired) electrons. The Morgan fingerprint density at radius 2 is 1.81 bits per heavy atom. The van der Waals surface area contributed by atoms with Crippen LogP contribution in [0.25, 0.3) is 0 Å². The summed E-state index contributed by atoms with van der Waals surface area (Å²) in [4.78, 5) is 0. The van der Waals surface area contributed by atoms with Crippen molar-refractivity contribution in [2.24, 2.45) is 11.3 Å². The van der Waals surface area contributed by atoms with Gasteiger partial charge < -0.3 is 5.32 Å². The average Bonchev–Trinajstić information content (AvgIpc) is 2.27. The van der Waals surface area contributed by atoms with E-state index < -0.39 is 0 Å². The van der Waals surface area contributed by atoms with Gasteiger partial charge in [-0.2, -0.15) is 0 Å². The van der Waals surface area contributed by atoms with Crippen LogP contribution in [0.2, 0.25) is 0 Å². The van der Waals surface area contributed by atoms with Crippen molar-refractivity contribution in [3.63, 3.8) is 0 Å². The van der Waals surface area contributed by atoms with E-state index in [0.717, 1.165) is 18.5 Å². The van der Waals surface area contributed by atoms with Crippen molar-refractivity contribution in [3.05, 3.63) is 12.2 Å². The molecular formula is C15H29N. The van der Waals surface area contributed by atoms with Gasteiger partial charge in [0.05, 0.1) is 0 Å². The molecule has 16 heavy (non-hydrogen) atoms. The predicted molar refractivity (Wildman–Crippen MR) is 72.6 cm³/mol. The summed E-state index contributed by atoms with van der Waals surface area (Å²) in [7, 11) is 0. The van der Waals surface area contributed by atoms with E-state index in [2.05, 4.69) is 39.6 Å². The first kappa shape index (κ1) is 13.8. The molecule has 0 bridgehead atoms. The summed E-state index contributed by atoms with van der Waals surface area (Å²) in [5.74, 6) is 0.931. The van der Waals surface area contributed by atoms with Gasteiger partial charge in [0.1, 0.15) is 0 Å². The number of hydrogen-bond acceptors (Lipinski definition) is 1. The fraction of sp³-hybridized carbons (Fsp3) is 0.867. The normalized spacial score (nSPS) is 26.8. The van der Waals surface area contributed by atoms with Crippen LogP contribution in [0.4, 0.5) is 0 Å². The van der Waals surface area contributed by atoms with E-state index in [4.69, 9.17) is 0 Å². The van der Waals surface area contributed by atoms with Crippen molar-refractivity contribution >= 4 is 0 Å². The third kappa shape index (κ3) is 3.93. The van der Waals surface area contributed by atoms with E-state index in [0.29, 0.717) is 5.41 Å². The van der Waals surface area contributed by atoms with E-state index in [1.54, 1.807) is 0 Å². The summed E-state index contributed by atoms with van der Waals surface area (Å²) in [5.41, 5.74) is 1.79. The largest absolute Gasteiger partial charge is 0.310 e. The van der Waals surface area contributed by atoms with Crippen molar-refractivity contribution in [2.45, 2.75) is 65.8 Å². The van der Waals surface area contributed by atoms with Crippen LogP contribution in [0, 0.1) is 11.3 Å². The van der Waals surface area contributed by atoms with E-state index in [-0.39, 0.29) is 0 Å². The summed E-state index contributed by atoms with van der Waals surface area (Å²) < 4.78 is 0. The molecule has 0 aromatic heterocycles. The molecule has 0 aliphatic heterocycles. The maximum atomic E-state index is 3.94. The summed E-state index contributed by atoms with van der Waals surface area (Å²) in [6.07, 6.45) is 6.80. The molecule has 0 unspecified atom stereocenters. The molecule has 0 heterocycles. The van der Waals surface area contributed by atoms with Gasteiger partial charge in [-0.1, -0.05) is 39.3 Å². The van der Waals surface area contributed by atoms with Gasteiger partial charge in [-0.05, 0) is 43.9 Å². The van der Waals surface area contributed by atoms with Crippen molar-refractivity contribution in [1.29, 1.82) is 0 Å². The minimum Gasteiger partial charge on any atom is -0.310 e. The van der Waals surface area contributed by atoms with Gasteiger partial charge in [0.25, 0.3) is 0 Å². The smallest absolute Gasteiger partial charge is 0.0161 e. The molecule has 0 aromatic rings. The fourth-order valence-corrected chi connectivity index (χ4v) is 2.69. The van der Waals surface area contributed by atoms with Crippen molar-refractivity contribution in [1.82, 2.24) is 5.32 Å². The van der Waals surface area contributed by atoms with Crippen LogP contribution in [0.5, 0.6) is 0 Å². The highest BCUT2D eigenvalue weighted by molar-refractivity contribution is 4.93. The molecule has 1 nitrogen and oxygen atoms in total. The monoisotopic (exact) mass is 223 g/mol. The molecule has 0 saturated heterocycles. The minimum atomic E-state index is 0.541. The van der Waals surface area contributed by atoms with Crippen LogP contribution in [0.3, 0.4) is 0 Å². The van der Waals surface area contributed by atoms with Gasteiger partial charge in [0.2, 0.25) is 0 Å². The topological polar surface area (TPSA) is 12.0 Å². The van der Waals surface area contributed by atoms with E-state index in [9.17, 15) is 0 Å². The molecule has 1 fully saturated rings. The zero-order valence-electron chi connectivity index (χ0n) is 11.6. The van der Waals surface area contributed by atoms with E-state index >= 15 is 0 Å². The van der Waals surface area contributed by atoms with Crippen molar-refractivity contribution in [2.75, 3.05) is 6.54 Å². The molecule has 1 N–H and O–H groups in total. The van der Waals surface area contributed by atoms with E-state index in [1.807, 2.05) is 0 Å². The van der Waals surface area contributed by atoms with Crippen LogP contribution < -0.4 is 5.32 Å². The van der Waals surface area contributed by atoms with Crippen LogP contribution in [-0.2, 0) is 0 Å². The van der Waals surface area contributed by atoms with Crippen molar-refractivity contribution in [3.8, 4) is 0 Å². The second kappa shape index (κ2) is 5.86. The lowest BCUT2D eigenvalue weighted by atomic mass is 9.69. The lowest BCUT2D eigenvalue weighted by Gasteiger charge is -2.39. The molecule has 1 saturated carbocycles. The molecule has 0 atom stereocenters. The summed E-state index contributed by atoms with van der Waals surface area (Å²) >= 11 is 0. The molecule has 1 heteroatoms. The molecule has 94 valence electrons. The van der Waals surface area contributed by atoms with Gasteiger partial charge in [-0.25, -0.2) is 0 Å². The quantitative estimate of drug-likeness (QED) is 0.691. The molecular weight excluding hydrogens is 194 g/mol. The standard InChI is InChI=1S/C15H29N/c1-6-15(4,5)13-7-9-14(10-8-13)16-11-12(2)3/h13-14,16H,2,6-11H2,1,3-5H3. The highest BCUT2D eigenvalue weighted by atomic mass is 14.9. The highest BCUT2D eigenvalue weighted by Gasteiger charge is 2.31. The number of nitrogens with one attached hydrogen (secondary N) is 1. The zero-order valence-corrected chi connectivity index (χ0v) is 11.6. The van der Waals surface area contributed by atoms with Crippen LogP contribution >= 0.6 is 0 Å². The molecule has 0 amide bonds. The Labute approximate surface area is 102 Å². The van der Waals surface area contributed by atoms with Crippen LogP contribution in [0.1, 0.15) is 59.8 Å². The second-order valence-electron chi connectivity index (χ2n) is 6.23. The van der Waals surface area contributed by atoms with Gasteiger partial charge in [-0.15, -0.1) is 0 Å². The third-order valence-electron chi connectivity index (χ3n) is 4.44. The summed E-state index contributed by atoms with van der Waals surface area (Å²) in [5, 5.41) is 3.61. The Morgan fingerprint density at radius 1 is 1.25 bits per heavy atom. The minimum absolute atomic E-state index is 0.541. The SMILES string of the molecule is C=C(C)CNC1CCC(C(C)(C)CC)CC1. The first-order valence-corrected chi connectivity index (χ1v) is 6.83. The lowest BCUT2D eigenvalue weighted by molar-refractivity contribution is 0.138. The average molecular weight is 223 g/mol. The number of hydrogen-bond donors (Lipinski definition) is 1. The van der Waals surface area contributed by atoms with Crippen LogP contribution in [0.15, 0.2) is 12.2 Å². The summed E-state index contributed by atoms with van der Waals surface area (Å²) in [6, 6.07) is 0.737. The lowest BCUT2D eigenvalue weighted by Crippen LogP contribution is -2.37. The Hall–Kier alpha value is -0.300. The third-order valence-corrected chi connectivity index (χ3v) is 4.44. The predicted octanol–water partition coefficient (Wildman–Crippen LogP) is 4.15. The van der Waals surface area contributed by atoms with Gasteiger partial charge >= 0.3 is 0 Å². The maximum Gasteiger partial charge on any atom is 0.0161 e. The Balaban J connectivity index is 2.31. The number of rotatable bonds is 5. The molecule has 0 spiro atoms. The maximum absolute atomic E-state index is 3.94. The van der Waals surface area contributed by atoms with Crippen molar-refractivity contribution < 1.29 is 0 Å². The molecule has 1 aliphatic rings. The van der Waals surface area contributed by atoms with Crippen LogP contribution in [-0.4, -0.2) is 12.6 Å². The Bertz CT molecular complexity index is 222. The molecule has 0 aromatic carbocycles. The fourth-order valence-electron chi connectivity index (χ4n) is 2.69. The van der Waals surface area contributed by atoms with Gasteiger partial charge in [0, 0.05) is 12.6 Å². The Kier molecular flexibility index (Phi) is 5.04. The first-order valence-electron chi connectivity index (χ1n) is 6.83. The summed E-state index contributed by atoms with van der Waals surface area (Å²) in [6.45, 7) is 14.2. The molecule has 1 aliphatic carbocycles. The zero-order chi connectivity index (χ0) is 12.2. The Morgan fingerprint density at radius 3 is 2.25 bits per heavy atom. The van der Waals surface area contributed by atoms with Gasteiger partial charge in [0.15, 0.2) is 0 Å².